The van der Waals surface area contributed by atoms with Gasteiger partial charge < -0.3 is 5.32 Å². The summed E-state index contributed by atoms with van der Waals surface area (Å²) in [6, 6.07) is 12.3. The van der Waals surface area contributed by atoms with Gasteiger partial charge in [-0.05, 0) is 49.6 Å². The van der Waals surface area contributed by atoms with Crippen molar-refractivity contribution < 1.29 is 4.79 Å². The highest BCUT2D eigenvalue weighted by Gasteiger charge is 2.07. The lowest BCUT2D eigenvalue weighted by Crippen LogP contribution is -2.31. The fourth-order valence-corrected chi connectivity index (χ4v) is 2.57. The Morgan fingerprint density at radius 1 is 1.21 bits per heavy atom. The molecule has 1 amide bonds. The predicted molar refractivity (Wildman–Crippen MR) is 95.1 cm³/mol. The third-order valence-electron chi connectivity index (χ3n) is 4.18. The van der Waals surface area contributed by atoms with Crippen molar-refractivity contribution in [3.63, 3.8) is 0 Å². The first-order chi connectivity index (χ1) is 11.7. The minimum absolute atomic E-state index is 0.109. The van der Waals surface area contributed by atoms with Crippen molar-refractivity contribution in [2.45, 2.75) is 39.2 Å². The predicted octanol–water partition coefficient (Wildman–Crippen LogP) is 3.27. The highest BCUT2D eigenvalue weighted by Crippen LogP contribution is 2.17. The maximum absolute atomic E-state index is 11.9. The van der Waals surface area contributed by atoms with E-state index in [4.69, 9.17) is 0 Å². The number of benzene rings is 1. The maximum Gasteiger partial charge on any atom is 0.220 e. The highest BCUT2D eigenvalue weighted by atomic mass is 16.1. The molecular weight excluding hydrogens is 300 g/mol. The Morgan fingerprint density at radius 3 is 2.75 bits per heavy atom. The number of hydrogen-bond donors (Lipinski definition) is 1. The van der Waals surface area contributed by atoms with Gasteiger partial charge in [0.1, 0.15) is 11.8 Å². The zero-order valence-corrected chi connectivity index (χ0v) is 14.1. The lowest BCUT2D eigenvalue weighted by atomic mass is 10.1. The summed E-state index contributed by atoms with van der Waals surface area (Å²) in [5.74, 6) is 0.109. The van der Waals surface area contributed by atoms with Crippen LogP contribution in [0, 0.1) is 0 Å². The van der Waals surface area contributed by atoms with Crippen molar-refractivity contribution in [3.8, 4) is 5.69 Å². The molecule has 5 heteroatoms. The van der Waals surface area contributed by atoms with E-state index in [1.165, 1.54) is 0 Å². The molecule has 2 heterocycles. The molecule has 0 aliphatic carbocycles. The van der Waals surface area contributed by atoms with E-state index in [2.05, 4.69) is 34.3 Å². The van der Waals surface area contributed by atoms with Gasteiger partial charge in [-0.2, -0.15) is 0 Å². The quantitative estimate of drug-likeness (QED) is 0.758. The van der Waals surface area contributed by atoms with Crippen molar-refractivity contribution >= 4 is 17.1 Å². The molecule has 0 saturated heterocycles. The number of aryl methyl sites for hydroxylation is 1. The Kier molecular flexibility index (Phi) is 4.89. The molecule has 1 aromatic carbocycles. The van der Waals surface area contributed by atoms with Gasteiger partial charge in [-0.25, -0.2) is 9.97 Å². The first kappa shape index (κ1) is 16.2. The number of fused-ring (bicyclic) bond motifs is 1. The van der Waals surface area contributed by atoms with Crippen LogP contribution >= 0.6 is 0 Å². The van der Waals surface area contributed by atoms with Crippen LogP contribution in [0.25, 0.3) is 16.9 Å². The molecule has 1 atom stereocenters. The van der Waals surface area contributed by atoms with Crippen molar-refractivity contribution in [1.29, 1.82) is 0 Å². The topological polar surface area (TPSA) is 59.8 Å². The number of aromatic nitrogens is 3. The average molecular weight is 322 g/mol. The summed E-state index contributed by atoms with van der Waals surface area (Å²) < 4.78 is 1.97. The third kappa shape index (κ3) is 3.62. The van der Waals surface area contributed by atoms with Gasteiger partial charge in [0.05, 0.1) is 0 Å². The van der Waals surface area contributed by atoms with E-state index < -0.39 is 0 Å². The summed E-state index contributed by atoms with van der Waals surface area (Å²) in [6.07, 6.45) is 5.76. The fourth-order valence-electron chi connectivity index (χ4n) is 2.57. The van der Waals surface area contributed by atoms with E-state index in [1.807, 2.05) is 35.8 Å². The van der Waals surface area contributed by atoms with Crippen LogP contribution in [-0.4, -0.2) is 26.5 Å². The van der Waals surface area contributed by atoms with Crippen LogP contribution in [-0.2, 0) is 11.2 Å². The minimum atomic E-state index is 0.109. The molecule has 0 saturated carbocycles. The minimum Gasteiger partial charge on any atom is -0.354 e. The second kappa shape index (κ2) is 7.25. The molecule has 1 N–H and O–H groups in total. The largest absolute Gasteiger partial charge is 0.354 e. The second-order valence-electron chi connectivity index (χ2n) is 6.00. The molecule has 0 bridgehead atoms. The standard InChI is InChI=1S/C19H22N4O/c1-3-14(2)22-18(24)11-8-15-6-9-16(10-7-15)23-13-21-17-5-4-12-20-19(17)23/h4-7,9-10,12-14H,3,8,11H2,1-2H3,(H,22,24). The number of carbonyl (C=O) groups excluding carboxylic acids is 1. The average Bonchev–Trinajstić information content (AvgIpc) is 3.04. The number of imidazole rings is 1. The Morgan fingerprint density at radius 2 is 2.00 bits per heavy atom. The van der Waals surface area contributed by atoms with Gasteiger partial charge >= 0.3 is 0 Å². The van der Waals surface area contributed by atoms with Gasteiger partial charge in [-0.1, -0.05) is 19.1 Å². The first-order valence-electron chi connectivity index (χ1n) is 8.34. The Bertz CT molecular complexity index is 823. The molecule has 3 rings (SSSR count). The van der Waals surface area contributed by atoms with Gasteiger partial charge in [-0.3, -0.25) is 9.36 Å². The highest BCUT2D eigenvalue weighted by molar-refractivity contribution is 5.76. The van der Waals surface area contributed by atoms with E-state index in [0.717, 1.165) is 35.3 Å². The van der Waals surface area contributed by atoms with Gasteiger partial charge in [0.15, 0.2) is 5.65 Å². The Labute approximate surface area is 141 Å². The number of nitrogens with one attached hydrogen (secondary N) is 1. The number of nitrogens with zero attached hydrogens (tertiary/aromatic N) is 3. The van der Waals surface area contributed by atoms with Crippen LogP contribution in [0.1, 0.15) is 32.3 Å². The number of rotatable bonds is 6. The molecule has 0 aliphatic heterocycles. The molecule has 1 unspecified atom stereocenters. The zero-order chi connectivity index (χ0) is 16.9. The van der Waals surface area contributed by atoms with Gasteiger partial charge in [0, 0.05) is 24.3 Å². The van der Waals surface area contributed by atoms with Crippen molar-refractivity contribution in [1.82, 2.24) is 19.9 Å². The Balaban J connectivity index is 1.66. The van der Waals surface area contributed by atoms with Gasteiger partial charge in [-0.15, -0.1) is 0 Å². The number of hydrogen-bond acceptors (Lipinski definition) is 3. The molecule has 0 aliphatic rings. The second-order valence-corrected chi connectivity index (χ2v) is 6.00. The lowest BCUT2D eigenvalue weighted by molar-refractivity contribution is -0.121. The third-order valence-corrected chi connectivity index (χ3v) is 4.18. The van der Waals surface area contributed by atoms with Gasteiger partial charge in [0.2, 0.25) is 5.91 Å². The molecule has 0 fully saturated rings. The number of amides is 1. The van der Waals surface area contributed by atoms with E-state index >= 15 is 0 Å². The molecule has 0 spiro atoms. The molecule has 5 nitrogen and oxygen atoms in total. The fraction of sp³-hybridized carbons (Fsp3) is 0.316. The van der Waals surface area contributed by atoms with Crippen LogP contribution in [0.4, 0.5) is 0 Å². The number of carbonyl (C=O) groups is 1. The van der Waals surface area contributed by atoms with E-state index in [-0.39, 0.29) is 11.9 Å². The summed E-state index contributed by atoms with van der Waals surface area (Å²) in [5.41, 5.74) is 3.89. The Hall–Kier alpha value is -2.69. The molecular formula is C19H22N4O. The molecule has 2 aromatic heterocycles. The van der Waals surface area contributed by atoms with Crippen molar-refractivity contribution in [3.05, 3.63) is 54.5 Å². The van der Waals surface area contributed by atoms with Crippen molar-refractivity contribution in [2.75, 3.05) is 0 Å². The van der Waals surface area contributed by atoms with Crippen LogP contribution in [0.3, 0.4) is 0 Å². The maximum atomic E-state index is 11.9. The monoisotopic (exact) mass is 322 g/mol. The van der Waals surface area contributed by atoms with Crippen LogP contribution in [0.15, 0.2) is 48.9 Å². The molecule has 0 radical (unpaired) electrons. The summed E-state index contributed by atoms with van der Waals surface area (Å²) in [5, 5.41) is 2.99. The molecule has 3 aromatic rings. The van der Waals surface area contributed by atoms with Crippen molar-refractivity contribution in [2.24, 2.45) is 0 Å². The van der Waals surface area contributed by atoms with Crippen LogP contribution in [0.5, 0.6) is 0 Å². The normalized spacial score (nSPS) is 12.2. The van der Waals surface area contributed by atoms with E-state index in [9.17, 15) is 4.79 Å². The first-order valence-corrected chi connectivity index (χ1v) is 8.34. The lowest BCUT2D eigenvalue weighted by Gasteiger charge is -2.11. The van der Waals surface area contributed by atoms with E-state index in [0.29, 0.717) is 6.42 Å². The SMILES string of the molecule is CCC(C)NC(=O)CCc1ccc(-n2cnc3cccnc32)cc1. The van der Waals surface area contributed by atoms with Crippen LogP contribution < -0.4 is 5.32 Å². The van der Waals surface area contributed by atoms with Crippen LogP contribution in [0.2, 0.25) is 0 Å². The smallest absolute Gasteiger partial charge is 0.220 e. The molecule has 24 heavy (non-hydrogen) atoms. The summed E-state index contributed by atoms with van der Waals surface area (Å²) in [7, 11) is 0. The molecule has 124 valence electrons. The van der Waals surface area contributed by atoms with E-state index in [1.54, 1.807) is 12.5 Å². The zero-order valence-electron chi connectivity index (χ0n) is 14.1. The summed E-state index contributed by atoms with van der Waals surface area (Å²) in [6.45, 7) is 4.09. The summed E-state index contributed by atoms with van der Waals surface area (Å²) >= 11 is 0. The number of pyridine rings is 1. The van der Waals surface area contributed by atoms with Gasteiger partial charge in [0.25, 0.3) is 0 Å². The summed E-state index contributed by atoms with van der Waals surface area (Å²) in [4.78, 5) is 20.6.